The van der Waals surface area contributed by atoms with Crippen LogP contribution in [0.25, 0.3) is 0 Å². The number of benzene rings is 1. The molecule has 1 heterocycles. The molecular formula is C14H21NO4S. The molecule has 1 unspecified atom stereocenters. The van der Waals surface area contributed by atoms with Crippen LogP contribution < -0.4 is 9.64 Å². The first-order chi connectivity index (χ1) is 9.35. The maximum absolute atomic E-state index is 11.7. The van der Waals surface area contributed by atoms with E-state index in [9.17, 15) is 13.5 Å². The van der Waals surface area contributed by atoms with Crippen molar-refractivity contribution in [3.63, 3.8) is 0 Å². The minimum absolute atomic E-state index is 0.113. The number of hydrogen-bond donors (Lipinski definition) is 1. The third kappa shape index (κ3) is 2.91. The number of sulfone groups is 1. The molecule has 1 fully saturated rings. The van der Waals surface area contributed by atoms with Gasteiger partial charge in [-0.3, -0.25) is 0 Å². The molecule has 0 spiro atoms. The van der Waals surface area contributed by atoms with Gasteiger partial charge in [0.15, 0.2) is 9.84 Å². The molecule has 5 nitrogen and oxygen atoms in total. The molecule has 112 valence electrons. The zero-order chi connectivity index (χ0) is 14.9. The molecule has 2 atom stereocenters. The van der Waals surface area contributed by atoms with Crippen LogP contribution in [0.15, 0.2) is 18.2 Å². The average molecular weight is 299 g/mol. The Labute approximate surface area is 120 Å². The van der Waals surface area contributed by atoms with E-state index in [1.54, 1.807) is 20.1 Å². The molecule has 1 saturated heterocycles. The largest absolute Gasteiger partial charge is 0.496 e. The van der Waals surface area contributed by atoms with Gasteiger partial charge in [-0.25, -0.2) is 8.42 Å². The van der Waals surface area contributed by atoms with E-state index >= 15 is 0 Å². The molecule has 1 N–H and O–H groups in total. The van der Waals surface area contributed by atoms with Crippen LogP contribution in [-0.2, 0) is 9.84 Å². The average Bonchev–Trinajstić information content (AvgIpc) is 2.36. The summed E-state index contributed by atoms with van der Waals surface area (Å²) < 4.78 is 28.7. The van der Waals surface area contributed by atoms with Gasteiger partial charge < -0.3 is 14.7 Å². The SMILES string of the molecule is COc1cccc(N2CCS(=O)(=O)CC2C)c1[C@@H](C)O. The van der Waals surface area contributed by atoms with Gasteiger partial charge in [0.1, 0.15) is 5.75 Å². The molecule has 1 aliphatic heterocycles. The lowest BCUT2D eigenvalue weighted by Crippen LogP contribution is -2.47. The van der Waals surface area contributed by atoms with Crippen molar-refractivity contribution in [2.24, 2.45) is 0 Å². The molecule has 0 aliphatic carbocycles. The van der Waals surface area contributed by atoms with Crippen LogP contribution in [0.5, 0.6) is 5.75 Å². The van der Waals surface area contributed by atoms with Crippen molar-refractivity contribution in [3.8, 4) is 5.75 Å². The van der Waals surface area contributed by atoms with Crippen LogP contribution in [0.1, 0.15) is 25.5 Å². The highest BCUT2D eigenvalue weighted by Crippen LogP contribution is 2.36. The molecule has 0 radical (unpaired) electrons. The fraction of sp³-hybridized carbons (Fsp3) is 0.571. The molecule has 1 aliphatic rings. The Morgan fingerprint density at radius 1 is 1.45 bits per heavy atom. The first-order valence-corrected chi connectivity index (χ1v) is 8.50. The number of aliphatic hydroxyl groups is 1. The topological polar surface area (TPSA) is 66.8 Å². The predicted molar refractivity (Wildman–Crippen MR) is 79.1 cm³/mol. The fourth-order valence-corrected chi connectivity index (χ4v) is 4.29. The number of ether oxygens (including phenoxy) is 1. The van der Waals surface area contributed by atoms with Crippen LogP contribution in [0.2, 0.25) is 0 Å². The summed E-state index contributed by atoms with van der Waals surface area (Å²) in [6, 6.07) is 5.45. The highest BCUT2D eigenvalue weighted by molar-refractivity contribution is 7.91. The Morgan fingerprint density at radius 3 is 2.70 bits per heavy atom. The maximum Gasteiger partial charge on any atom is 0.154 e. The van der Waals surface area contributed by atoms with E-state index in [0.29, 0.717) is 17.9 Å². The second kappa shape index (κ2) is 5.61. The van der Waals surface area contributed by atoms with Gasteiger partial charge >= 0.3 is 0 Å². The number of methoxy groups -OCH3 is 1. The van der Waals surface area contributed by atoms with Crippen LogP contribution in [0.3, 0.4) is 0 Å². The Bertz CT molecular complexity index is 583. The lowest BCUT2D eigenvalue weighted by molar-refractivity contribution is 0.194. The Kier molecular flexibility index (Phi) is 4.25. The van der Waals surface area contributed by atoms with Gasteiger partial charge in [-0.1, -0.05) is 6.07 Å². The number of anilines is 1. The number of nitrogens with zero attached hydrogens (tertiary/aromatic N) is 1. The van der Waals surface area contributed by atoms with E-state index in [-0.39, 0.29) is 17.5 Å². The summed E-state index contributed by atoms with van der Waals surface area (Å²) >= 11 is 0. The molecular weight excluding hydrogens is 278 g/mol. The summed E-state index contributed by atoms with van der Waals surface area (Å²) in [6.45, 7) is 4.02. The summed E-state index contributed by atoms with van der Waals surface area (Å²) in [5, 5.41) is 10.0. The molecule has 0 bridgehead atoms. The Hall–Kier alpha value is -1.27. The quantitative estimate of drug-likeness (QED) is 0.913. The van der Waals surface area contributed by atoms with Gasteiger partial charge in [-0.05, 0) is 26.0 Å². The molecule has 2 rings (SSSR count). The molecule has 1 aromatic rings. The van der Waals surface area contributed by atoms with E-state index in [4.69, 9.17) is 4.74 Å². The Balaban J connectivity index is 2.43. The normalized spacial score (nSPS) is 23.4. The number of aliphatic hydroxyl groups excluding tert-OH is 1. The molecule has 0 amide bonds. The monoisotopic (exact) mass is 299 g/mol. The van der Waals surface area contributed by atoms with Crippen LogP contribution in [0.4, 0.5) is 5.69 Å². The van der Waals surface area contributed by atoms with E-state index in [1.807, 2.05) is 24.0 Å². The smallest absolute Gasteiger partial charge is 0.154 e. The summed E-state index contributed by atoms with van der Waals surface area (Å²) in [6.07, 6.45) is -0.674. The fourth-order valence-electron chi connectivity index (χ4n) is 2.74. The number of rotatable bonds is 3. The third-order valence-corrected chi connectivity index (χ3v) is 5.46. The second-order valence-electron chi connectivity index (χ2n) is 5.23. The van der Waals surface area contributed by atoms with Gasteiger partial charge in [0.25, 0.3) is 0 Å². The van der Waals surface area contributed by atoms with Crippen molar-refractivity contribution < 1.29 is 18.3 Å². The summed E-state index contributed by atoms with van der Waals surface area (Å²) in [7, 11) is -1.39. The minimum Gasteiger partial charge on any atom is -0.496 e. The standard InChI is InChI=1S/C14H21NO4S/c1-10-9-20(17,18)8-7-15(10)12-5-4-6-13(19-3)14(12)11(2)16/h4-6,10-11,16H,7-9H2,1-3H3/t10?,11-/m1/s1. The first-order valence-electron chi connectivity index (χ1n) is 6.67. The van der Waals surface area contributed by atoms with Gasteiger partial charge in [0, 0.05) is 23.8 Å². The lowest BCUT2D eigenvalue weighted by atomic mass is 10.0. The van der Waals surface area contributed by atoms with Crippen molar-refractivity contribution in [1.82, 2.24) is 0 Å². The maximum atomic E-state index is 11.7. The van der Waals surface area contributed by atoms with E-state index in [1.165, 1.54) is 0 Å². The summed E-state index contributed by atoms with van der Waals surface area (Å²) in [5.41, 5.74) is 1.56. The second-order valence-corrected chi connectivity index (χ2v) is 7.45. The molecule has 0 saturated carbocycles. The van der Waals surface area contributed by atoms with E-state index in [2.05, 4.69) is 0 Å². The van der Waals surface area contributed by atoms with Gasteiger partial charge in [-0.15, -0.1) is 0 Å². The van der Waals surface area contributed by atoms with Crippen LogP contribution >= 0.6 is 0 Å². The zero-order valence-electron chi connectivity index (χ0n) is 12.0. The predicted octanol–water partition coefficient (Wildman–Crippen LogP) is 1.37. The Morgan fingerprint density at radius 2 is 2.15 bits per heavy atom. The van der Waals surface area contributed by atoms with E-state index in [0.717, 1.165) is 5.69 Å². The zero-order valence-corrected chi connectivity index (χ0v) is 12.9. The minimum atomic E-state index is -2.96. The van der Waals surface area contributed by atoms with Crippen molar-refractivity contribution in [3.05, 3.63) is 23.8 Å². The van der Waals surface area contributed by atoms with Gasteiger partial charge in [-0.2, -0.15) is 0 Å². The molecule has 6 heteroatoms. The number of hydrogen-bond acceptors (Lipinski definition) is 5. The summed E-state index contributed by atoms with van der Waals surface area (Å²) in [5.74, 6) is 0.912. The lowest BCUT2D eigenvalue weighted by Gasteiger charge is -2.37. The van der Waals surface area contributed by atoms with Crippen LogP contribution in [0, 0.1) is 0 Å². The van der Waals surface area contributed by atoms with Crippen molar-refractivity contribution in [2.45, 2.75) is 26.0 Å². The van der Waals surface area contributed by atoms with Crippen molar-refractivity contribution in [2.75, 3.05) is 30.1 Å². The highest BCUT2D eigenvalue weighted by Gasteiger charge is 2.30. The highest BCUT2D eigenvalue weighted by atomic mass is 32.2. The molecule has 0 aromatic heterocycles. The van der Waals surface area contributed by atoms with Gasteiger partial charge in [0.2, 0.25) is 0 Å². The molecule has 20 heavy (non-hydrogen) atoms. The van der Waals surface area contributed by atoms with Crippen molar-refractivity contribution in [1.29, 1.82) is 0 Å². The van der Waals surface area contributed by atoms with Crippen molar-refractivity contribution >= 4 is 15.5 Å². The first kappa shape index (κ1) is 15.1. The van der Waals surface area contributed by atoms with Gasteiger partial charge in [0.05, 0.1) is 24.7 Å². The third-order valence-electron chi connectivity index (χ3n) is 3.66. The van der Waals surface area contributed by atoms with E-state index < -0.39 is 15.9 Å². The van der Waals surface area contributed by atoms with Crippen LogP contribution in [-0.4, -0.2) is 44.7 Å². The summed E-state index contributed by atoms with van der Waals surface area (Å²) in [4.78, 5) is 2.03. The molecule has 1 aromatic carbocycles.